The van der Waals surface area contributed by atoms with Crippen LogP contribution in [0.25, 0.3) is 0 Å². The van der Waals surface area contributed by atoms with Crippen molar-refractivity contribution in [3.63, 3.8) is 0 Å². The summed E-state index contributed by atoms with van der Waals surface area (Å²) in [6.45, 7) is 1.55. The standard InChI is InChI=1S/C10H13BrN2O2/c1-10(13-12,9(14)15)6-7-3-2-4-8(11)5-7/h2-5,13H,6,12H2,1H3,(H,14,15). The molecule has 1 unspecified atom stereocenters. The molecule has 15 heavy (non-hydrogen) atoms. The summed E-state index contributed by atoms with van der Waals surface area (Å²) >= 11 is 3.33. The van der Waals surface area contributed by atoms with Crippen LogP contribution in [0.2, 0.25) is 0 Å². The summed E-state index contributed by atoms with van der Waals surface area (Å²) in [5, 5.41) is 9.01. The summed E-state index contributed by atoms with van der Waals surface area (Å²) in [7, 11) is 0. The van der Waals surface area contributed by atoms with Gasteiger partial charge in [0, 0.05) is 10.9 Å². The van der Waals surface area contributed by atoms with Crippen LogP contribution >= 0.6 is 15.9 Å². The van der Waals surface area contributed by atoms with Crippen LogP contribution in [0.15, 0.2) is 28.7 Å². The summed E-state index contributed by atoms with van der Waals surface area (Å²) in [5.74, 6) is 4.28. The highest BCUT2D eigenvalue weighted by atomic mass is 79.9. The maximum absolute atomic E-state index is 11.0. The molecule has 0 amide bonds. The Morgan fingerprint density at radius 2 is 2.33 bits per heavy atom. The number of aliphatic carboxylic acids is 1. The van der Waals surface area contributed by atoms with Crippen LogP contribution in [0.3, 0.4) is 0 Å². The number of hydrogen-bond donors (Lipinski definition) is 3. The maximum Gasteiger partial charge on any atom is 0.325 e. The number of nitrogens with one attached hydrogen (secondary N) is 1. The van der Waals surface area contributed by atoms with Crippen LogP contribution in [0.5, 0.6) is 0 Å². The number of benzene rings is 1. The summed E-state index contributed by atoms with van der Waals surface area (Å²) in [5.41, 5.74) is 2.10. The minimum atomic E-state index is -1.14. The van der Waals surface area contributed by atoms with E-state index >= 15 is 0 Å². The zero-order valence-corrected chi connectivity index (χ0v) is 9.91. The predicted octanol–water partition coefficient (Wildman–Crippen LogP) is 1.30. The molecule has 1 rings (SSSR count). The van der Waals surface area contributed by atoms with E-state index in [9.17, 15) is 4.79 Å². The highest BCUT2D eigenvalue weighted by Crippen LogP contribution is 2.17. The Kier molecular flexibility index (Phi) is 3.84. The first-order valence-corrected chi connectivity index (χ1v) is 5.23. The molecule has 1 aromatic carbocycles. The number of halogens is 1. The highest BCUT2D eigenvalue weighted by molar-refractivity contribution is 9.10. The molecule has 4 nitrogen and oxygen atoms in total. The molecule has 0 aliphatic heterocycles. The average Bonchev–Trinajstić information content (AvgIpc) is 2.17. The number of hydrogen-bond acceptors (Lipinski definition) is 3. The van der Waals surface area contributed by atoms with Gasteiger partial charge in [0.15, 0.2) is 0 Å². The van der Waals surface area contributed by atoms with E-state index in [2.05, 4.69) is 21.4 Å². The Balaban J connectivity index is 2.89. The SMILES string of the molecule is CC(Cc1cccc(Br)c1)(NN)C(=O)O. The van der Waals surface area contributed by atoms with Gasteiger partial charge in [-0.1, -0.05) is 28.1 Å². The third kappa shape index (κ3) is 3.02. The molecule has 0 spiro atoms. The second-order valence-corrected chi connectivity index (χ2v) is 4.50. The predicted molar refractivity (Wildman–Crippen MR) is 61.2 cm³/mol. The van der Waals surface area contributed by atoms with Gasteiger partial charge in [-0.3, -0.25) is 10.6 Å². The molecule has 0 bridgehead atoms. The third-order valence-electron chi connectivity index (χ3n) is 2.24. The van der Waals surface area contributed by atoms with Crippen molar-refractivity contribution in [2.75, 3.05) is 0 Å². The fourth-order valence-electron chi connectivity index (χ4n) is 1.24. The molecule has 1 aromatic rings. The largest absolute Gasteiger partial charge is 0.480 e. The molecule has 0 radical (unpaired) electrons. The van der Waals surface area contributed by atoms with Gasteiger partial charge in [0.05, 0.1) is 0 Å². The van der Waals surface area contributed by atoms with E-state index < -0.39 is 11.5 Å². The van der Waals surface area contributed by atoms with E-state index in [0.717, 1.165) is 10.0 Å². The topological polar surface area (TPSA) is 75.3 Å². The molecule has 1 atom stereocenters. The average molecular weight is 273 g/mol. The fourth-order valence-corrected chi connectivity index (χ4v) is 1.69. The zero-order valence-electron chi connectivity index (χ0n) is 8.33. The molecular formula is C10H13BrN2O2. The van der Waals surface area contributed by atoms with Gasteiger partial charge in [-0.15, -0.1) is 0 Å². The number of carbonyl (C=O) groups is 1. The highest BCUT2D eigenvalue weighted by Gasteiger charge is 2.31. The second kappa shape index (κ2) is 4.74. The van der Waals surface area contributed by atoms with Gasteiger partial charge in [0.25, 0.3) is 0 Å². The van der Waals surface area contributed by atoms with Crippen molar-refractivity contribution >= 4 is 21.9 Å². The maximum atomic E-state index is 11.0. The molecule has 5 heteroatoms. The number of carboxylic acids is 1. The summed E-state index contributed by atoms with van der Waals surface area (Å²) < 4.78 is 0.921. The lowest BCUT2D eigenvalue weighted by atomic mass is 9.94. The van der Waals surface area contributed by atoms with Gasteiger partial charge in [0.1, 0.15) is 5.54 Å². The molecule has 4 N–H and O–H groups in total. The van der Waals surface area contributed by atoms with Crippen molar-refractivity contribution in [1.29, 1.82) is 0 Å². The molecule has 0 saturated carbocycles. The first-order valence-electron chi connectivity index (χ1n) is 4.43. The lowest BCUT2D eigenvalue weighted by Crippen LogP contribution is -2.54. The Morgan fingerprint density at radius 1 is 1.67 bits per heavy atom. The number of rotatable bonds is 4. The summed E-state index contributed by atoms with van der Waals surface area (Å²) in [6, 6.07) is 7.48. The van der Waals surface area contributed by atoms with Crippen LogP contribution in [0.4, 0.5) is 0 Å². The van der Waals surface area contributed by atoms with E-state index in [-0.39, 0.29) is 0 Å². The number of nitrogens with two attached hydrogens (primary N) is 1. The van der Waals surface area contributed by atoms with Crippen LogP contribution in [-0.4, -0.2) is 16.6 Å². The van der Waals surface area contributed by atoms with Crippen molar-refractivity contribution in [1.82, 2.24) is 5.43 Å². The Labute approximate surface area is 96.6 Å². The van der Waals surface area contributed by atoms with Crippen LogP contribution in [0.1, 0.15) is 12.5 Å². The normalized spacial score (nSPS) is 14.6. The zero-order chi connectivity index (χ0) is 11.5. The van der Waals surface area contributed by atoms with Crippen molar-refractivity contribution in [3.8, 4) is 0 Å². The first kappa shape index (κ1) is 12.2. The van der Waals surface area contributed by atoms with Crippen molar-refractivity contribution in [3.05, 3.63) is 34.3 Å². The monoisotopic (exact) mass is 272 g/mol. The minimum absolute atomic E-state index is 0.332. The molecule has 0 aliphatic rings. The van der Waals surface area contributed by atoms with Gasteiger partial charge < -0.3 is 5.11 Å². The quantitative estimate of drug-likeness (QED) is 0.571. The fraction of sp³-hybridized carbons (Fsp3) is 0.300. The Hall–Kier alpha value is -0.910. The smallest absolute Gasteiger partial charge is 0.325 e. The second-order valence-electron chi connectivity index (χ2n) is 3.59. The van der Waals surface area contributed by atoms with Crippen LogP contribution in [0, 0.1) is 0 Å². The summed E-state index contributed by atoms with van der Waals surface area (Å²) in [6.07, 6.45) is 0.332. The molecular weight excluding hydrogens is 260 g/mol. The van der Waals surface area contributed by atoms with E-state index in [0.29, 0.717) is 6.42 Å². The number of carboxylic acid groups (broad SMARTS) is 1. The van der Waals surface area contributed by atoms with Crippen molar-refractivity contribution in [2.45, 2.75) is 18.9 Å². The lowest BCUT2D eigenvalue weighted by molar-refractivity contribution is -0.144. The van der Waals surface area contributed by atoms with E-state index in [1.807, 2.05) is 24.3 Å². The van der Waals surface area contributed by atoms with Gasteiger partial charge >= 0.3 is 5.97 Å². The van der Waals surface area contributed by atoms with E-state index in [1.165, 1.54) is 0 Å². The minimum Gasteiger partial charge on any atom is -0.480 e. The summed E-state index contributed by atoms with van der Waals surface area (Å²) in [4.78, 5) is 11.0. The number of hydrazine groups is 1. The Bertz CT molecular complexity index is 370. The lowest BCUT2D eigenvalue weighted by Gasteiger charge is -2.23. The van der Waals surface area contributed by atoms with E-state index in [4.69, 9.17) is 10.9 Å². The van der Waals surface area contributed by atoms with Crippen molar-refractivity contribution < 1.29 is 9.90 Å². The van der Waals surface area contributed by atoms with Gasteiger partial charge in [-0.2, -0.15) is 0 Å². The van der Waals surface area contributed by atoms with Gasteiger partial charge in [0.2, 0.25) is 0 Å². The molecule has 0 saturated heterocycles. The van der Waals surface area contributed by atoms with Gasteiger partial charge in [-0.25, -0.2) is 5.43 Å². The van der Waals surface area contributed by atoms with E-state index in [1.54, 1.807) is 6.92 Å². The van der Waals surface area contributed by atoms with Crippen LogP contribution in [-0.2, 0) is 11.2 Å². The molecule has 0 aliphatic carbocycles. The Morgan fingerprint density at radius 3 is 2.80 bits per heavy atom. The van der Waals surface area contributed by atoms with Crippen molar-refractivity contribution in [2.24, 2.45) is 5.84 Å². The molecule has 0 aromatic heterocycles. The van der Waals surface area contributed by atoms with Gasteiger partial charge in [-0.05, 0) is 24.6 Å². The molecule has 0 fully saturated rings. The third-order valence-corrected chi connectivity index (χ3v) is 2.73. The van der Waals surface area contributed by atoms with Crippen LogP contribution < -0.4 is 11.3 Å². The molecule has 0 heterocycles. The molecule has 82 valence electrons. The first-order chi connectivity index (χ1) is 6.98.